The zero-order valence-corrected chi connectivity index (χ0v) is 10.0. The van der Waals surface area contributed by atoms with Gasteiger partial charge < -0.3 is 0 Å². The number of rotatable bonds is 3. The van der Waals surface area contributed by atoms with E-state index in [0.717, 1.165) is 16.9 Å². The lowest BCUT2D eigenvalue weighted by atomic mass is 10.2. The first-order valence-corrected chi connectivity index (χ1v) is 5.55. The van der Waals surface area contributed by atoms with Crippen LogP contribution >= 0.6 is 0 Å². The second-order valence-electron chi connectivity index (χ2n) is 3.96. The predicted molar refractivity (Wildman–Crippen MR) is 70.5 cm³/mol. The number of hydrogen-bond donors (Lipinski definition) is 1. The van der Waals surface area contributed by atoms with Gasteiger partial charge in [-0.1, -0.05) is 41.1 Å². The van der Waals surface area contributed by atoms with Crippen LogP contribution in [0.3, 0.4) is 0 Å². The van der Waals surface area contributed by atoms with Gasteiger partial charge in [0.15, 0.2) is 0 Å². The van der Waals surface area contributed by atoms with Gasteiger partial charge in [-0.05, 0) is 37.6 Å². The van der Waals surface area contributed by atoms with Crippen LogP contribution in [-0.4, -0.2) is 0 Å². The largest absolute Gasteiger partial charge is 0.260 e. The molecule has 0 unspecified atom stereocenters. The van der Waals surface area contributed by atoms with E-state index in [-0.39, 0.29) is 0 Å². The molecular weight excluding hydrogens is 210 g/mol. The van der Waals surface area contributed by atoms with E-state index in [1.54, 1.807) is 0 Å². The van der Waals surface area contributed by atoms with Crippen molar-refractivity contribution in [3.05, 3.63) is 59.7 Å². The van der Waals surface area contributed by atoms with Crippen molar-refractivity contribution in [3.8, 4) is 0 Å². The van der Waals surface area contributed by atoms with Crippen LogP contribution in [0.25, 0.3) is 0 Å². The molecule has 0 spiro atoms. The predicted octanol–water partition coefficient (Wildman–Crippen LogP) is 4.41. The fourth-order valence-electron chi connectivity index (χ4n) is 1.44. The first kappa shape index (κ1) is 11.3. The summed E-state index contributed by atoms with van der Waals surface area (Å²) in [6, 6.07) is 15.9. The molecule has 3 nitrogen and oxygen atoms in total. The highest BCUT2D eigenvalue weighted by molar-refractivity contribution is 5.45. The molecule has 2 rings (SSSR count). The van der Waals surface area contributed by atoms with Gasteiger partial charge in [0.05, 0.1) is 11.4 Å². The third kappa shape index (κ3) is 3.14. The molecule has 17 heavy (non-hydrogen) atoms. The summed E-state index contributed by atoms with van der Waals surface area (Å²) in [5.41, 5.74) is 7.07. The minimum Gasteiger partial charge on any atom is -0.260 e. The fraction of sp³-hybridized carbons (Fsp3) is 0.143. The zero-order chi connectivity index (χ0) is 12.1. The van der Waals surface area contributed by atoms with Gasteiger partial charge in [0.1, 0.15) is 0 Å². The number of aryl methyl sites for hydroxylation is 2. The summed E-state index contributed by atoms with van der Waals surface area (Å²) >= 11 is 0. The molecule has 0 saturated carbocycles. The molecule has 0 radical (unpaired) electrons. The molecule has 0 saturated heterocycles. The topological polar surface area (TPSA) is 36.8 Å². The Morgan fingerprint density at radius 1 is 0.882 bits per heavy atom. The van der Waals surface area contributed by atoms with E-state index in [1.165, 1.54) is 5.56 Å². The maximum absolute atomic E-state index is 4.14. The Bertz CT molecular complexity index is 515. The van der Waals surface area contributed by atoms with E-state index in [4.69, 9.17) is 0 Å². The summed E-state index contributed by atoms with van der Waals surface area (Å²) in [4.78, 5) is 0. The molecule has 0 bridgehead atoms. The van der Waals surface area contributed by atoms with Crippen molar-refractivity contribution < 1.29 is 0 Å². The lowest BCUT2D eigenvalue weighted by Gasteiger charge is -2.00. The molecule has 0 atom stereocenters. The molecule has 0 aliphatic carbocycles. The molecule has 2 aromatic rings. The molecule has 3 heteroatoms. The van der Waals surface area contributed by atoms with Crippen LogP contribution in [0.4, 0.5) is 11.4 Å². The number of hydrogen-bond acceptors (Lipinski definition) is 2. The van der Waals surface area contributed by atoms with Gasteiger partial charge in [0.25, 0.3) is 0 Å². The number of nitrogens with one attached hydrogen (secondary N) is 1. The Morgan fingerprint density at radius 2 is 1.59 bits per heavy atom. The molecular formula is C14H15N3. The molecule has 0 aliphatic heterocycles. The second kappa shape index (κ2) is 5.25. The van der Waals surface area contributed by atoms with Crippen molar-refractivity contribution in [3.63, 3.8) is 0 Å². The first-order chi connectivity index (χ1) is 8.25. The Morgan fingerprint density at radius 3 is 2.29 bits per heavy atom. The Kier molecular flexibility index (Phi) is 3.50. The Hall–Kier alpha value is -2.16. The van der Waals surface area contributed by atoms with E-state index in [2.05, 4.69) is 22.7 Å². The lowest BCUT2D eigenvalue weighted by molar-refractivity contribution is 1.12. The second-order valence-corrected chi connectivity index (χ2v) is 3.96. The molecule has 1 N–H and O–H groups in total. The first-order valence-electron chi connectivity index (χ1n) is 5.55. The monoisotopic (exact) mass is 225 g/mol. The quantitative estimate of drug-likeness (QED) is 0.609. The minimum absolute atomic E-state index is 0.882. The van der Waals surface area contributed by atoms with Crippen LogP contribution in [0.5, 0.6) is 0 Å². The highest BCUT2D eigenvalue weighted by Gasteiger charge is 1.93. The molecule has 0 fully saturated rings. The maximum atomic E-state index is 4.14. The van der Waals surface area contributed by atoms with Crippen LogP contribution in [-0.2, 0) is 0 Å². The van der Waals surface area contributed by atoms with Crippen molar-refractivity contribution in [2.75, 3.05) is 5.43 Å². The average molecular weight is 225 g/mol. The van der Waals surface area contributed by atoms with Crippen molar-refractivity contribution in [2.45, 2.75) is 13.8 Å². The Balaban J connectivity index is 2.03. The fourth-order valence-corrected chi connectivity index (χ4v) is 1.44. The molecule has 86 valence electrons. The van der Waals surface area contributed by atoms with Gasteiger partial charge in [0, 0.05) is 0 Å². The average Bonchev–Trinajstić information content (AvgIpc) is 2.34. The highest BCUT2D eigenvalue weighted by Crippen LogP contribution is 2.17. The number of benzene rings is 2. The minimum atomic E-state index is 0.882. The van der Waals surface area contributed by atoms with Gasteiger partial charge in [-0.3, -0.25) is 5.43 Å². The van der Waals surface area contributed by atoms with Crippen LogP contribution in [0.2, 0.25) is 0 Å². The van der Waals surface area contributed by atoms with Gasteiger partial charge in [0.2, 0.25) is 0 Å². The maximum Gasteiger partial charge on any atom is 0.0903 e. The summed E-state index contributed by atoms with van der Waals surface area (Å²) in [5, 5.41) is 8.11. The summed E-state index contributed by atoms with van der Waals surface area (Å²) in [5.74, 6) is 0. The van der Waals surface area contributed by atoms with Crippen molar-refractivity contribution in [2.24, 2.45) is 10.3 Å². The zero-order valence-electron chi connectivity index (χ0n) is 10.0. The normalized spacial score (nSPS) is 10.7. The SMILES string of the molecule is Cc1ccc(NN=Nc2ccccc2C)cc1. The van der Waals surface area contributed by atoms with Crippen molar-refractivity contribution in [1.82, 2.24) is 0 Å². The summed E-state index contributed by atoms with van der Waals surface area (Å²) in [7, 11) is 0. The van der Waals surface area contributed by atoms with E-state index < -0.39 is 0 Å². The van der Waals surface area contributed by atoms with E-state index in [9.17, 15) is 0 Å². The molecule has 0 amide bonds. The van der Waals surface area contributed by atoms with Crippen molar-refractivity contribution in [1.29, 1.82) is 0 Å². The van der Waals surface area contributed by atoms with E-state index in [0.29, 0.717) is 0 Å². The van der Waals surface area contributed by atoms with E-state index in [1.807, 2.05) is 55.5 Å². The summed E-state index contributed by atoms with van der Waals surface area (Å²) < 4.78 is 0. The smallest absolute Gasteiger partial charge is 0.0903 e. The third-order valence-corrected chi connectivity index (χ3v) is 2.50. The van der Waals surface area contributed by atoms with Crippen molar-refractivity contribution >= 4 is 11.4 Å². The lowest BCUT2D eigenvalue weighted by Crippen LogP contribution is -1.86. The number of anilines is 1. The van der Waals surface area contributed by atoms with Gasteiger partial charge >= 0.3 is 0 Å². The third-order valence-electron chi connectivity index (χ3n) is 2.50. The van der Waals surface area contributed by atoms with Crippen LogP contribution < -0.4 is 5.43 Å². The van der Waals surface area contributed by atoms with Gasteiger partial charge in [-0.15, -0.1) is 5.11 Å². The van der Waals surface area contributed by atoms with Crippen LogP contribution in [0.1, 0.15) is 11.1 Å². The van der Waals surface area contributed by atoms with Crippen LogP contribution in [0.15, 0.2) is 58.9 Å². The highest BCUT2D eigenvalue weighted by atomic mass is 15.4. The van der Waals surface area contributed by atoms with Gasteiger partial charge in [-0.2, -0.15) is 0 Å². The van der Waals surface area contributed by atoms with E-state index >= 15 is 0 Å². The standard InChI is InChI=1S/C14H15N3/c1-11-7-9-13(10-8-11)15-17-16-14-6-4-3-5-12(14)2/h3-10H,1-2H3,(H,15,16). The molecule has 2 aromatic carbocycles. The molecule has 0 aromatic heterocycles. The van der Waals surface area contributed by atoms with Crippen LogP contribution in [0, 0.1) is 13.8 Å². The molecule has 0 heterocycles. The number of nitrogens with zero attached hydrogens (tertiary/aromatic N) is 2. The molecule has 0 aliphatic rings. The van der Waals surface area contributed by atoms with Gasteiger partial charge in [-0.25, -0.2) is 0 Å². The summed E-state index contributed by atoms with van der Waals surface area (Å²) in [6.45, 7) is 4.07. The Labute approximate surface area is 101 Å². The summed E-state index contributed by atoms with van der Waals surface area (Å²) in [6.07, 6.45) is 0.